The van der Waals surface area contributed by atoms with Crippen LogP contribution in [0.15, 0.2) is 39.1 Å². The van der Waals surface area contributed by atoms with Gasteiger partial charge in [-0.15, -0.1) is 0 Å². The van der Waals surface area contributed by atoms with Gasteiger partial charge in [-0.3, -0.25) is 9.69 Å². The SMILES string of the molecule is C[C@@H](O[Si](C)(C)C(C)(C)C)[C@H]1C(=O)N2C(C(=O)O)=C(Sc3ccc(CO)cc3)S[C@H]12. The number of nitrogens with zero attached hydrogens (tertiary/aromatic N) is 1. The minimum absolute atomic E-state index is 0.0305. The number of aliphatic hydroxyl groups is 1. The standard InChI is InChI=1S/C21H29NO5S2Si/c1-12(27-30(5,6)21(2,3)4)15-17(24)22-16(19(25)26)20(29-18(15)22)28-14-9-7-13(11-23)8-10-14/h7-10,12,15,18,23H,11H2,1-6H3,(H,25,26)/t12-,15+,18-/m1/s1. The molecule has 3 rings (SSSR count). The van der Waals surface area contributed by atoms with Gasteiger partial charge in [-0.25, -0.2) is 4.79 Å². The molecule has 9 heteroatoms. The molecule has 2 N–H and O–H groups in total. The molecule has 0 saturated carbocycles. The Morgan fingerprint density at radius 1 is 1.30 bits per heavy atom. The highest BCUT2D eigenvalue weighted by molar-refractivity contribution is 8.22. The van der Waals surface area contributed by atoms with Gasteiger partial charge in [-0.05, 0) is 42.8 Å². The zero-order valence-electron chi connectivity index (χ0n) is 18.1. The van der Waals surface area contributed by atoms with Crippen LogP contribution in [0.4, 0.5) is 0 Å². The number of amides is 1. The molecule has 0 aliphatic carbocycles. The minimum atomic E-state index is -2.05. The summed E-state index contributed by atoms with van der Waals surface area (Å²) < 4.78 is 7.05. The topological polar surface area (TPSA) is 87.1 Å². The highest BCUT2D eigenvalue weighted by Gasteiger charge is 2.59. The molecule has 2 aliphatic heterocycles. The van der Waals surface area contributed by atoms with E-state index in [2.05, 4.69) is 33.9 Å². The van der Waals surface area contributed by atoms with Crippen molar-refractivity contribution in [1.29, 1.82) is 0 Å². The maximum atomic E-state index is 12.9. The Kier molecular flexibility index (Phi) is 6.51. The second-order valence-electron chi connectivity index (χ2n) is 9.17. The molecule has 0 unspecified atom stereocenters. The second kappa shape index (κ2) is 8.35. The zero-order chi connectivity index (χ0) is 22.4. The smallest absolute Gasteiger partial charge is 0.354 e. The van der Waals surface area contributed by atoms with E-state index in [4.69, 9.17) is 4.43 Å². The van der Waals surface area contributed by atoms with Crippen LogP contribution in [0.2, 0.25) is 18.1 Å². The van der Waals surface area contributed by atoms with Crippen molar-refractivity contribution in [3.05, 3.63) is 39.8 Å². The second-order valence-corrected chi connectivity index (χ2v) is 16.4. The molecule has 2 aliphatic rings. The quantitative estimate of drug-likeness (QED) is 0.452. The summed E-state index contributed by atoms with van der Waals surface area (Å²) in [6.45, 7) is 12.7. The Balaban J connectivity index is 1.78. The third-order valence-electron chi connectivity index (χ3n) is 6.06. The average Bonchev–Trinajstić information content (AvgIpc) is 2.95. The van der Waals surface area contributed by atoms with Crippen LogP contribution >= 0.6 is 23.5 Å². The van der Waals surface area contributed by atoms with E-state index in [1.165, 1.54) is 28.4 Å². The van der Waals surface area contributed by atoms with Gasteiger partial charge in [0.25, 0.3) is 0 Å². The lowest BCUT2D eigenvalue weighted by Crippen LogP contribution is -2.62. The summed E-state index contributed by atoms with van der Waals surface area (Å²) in [5.74, 6) is -1.63. The molecule has 1 fully saturated rings. The monoisotopic (exact) mass is 467 g/mol. The van der Waals surface area contributed by atoms with E-state index in [0.29, 0.717) is 4.24 Å². The predicted molar refractivity (Wildman–Crippen MR) is 122 cm³/mol. The maximum Gasteiger partial charge on any atom is 0.354 e. The first kappa shape index (κ1) is 23.4. The fourth-order valence-electron chi connectivity index (χ4n) is 3.29. The molecular formula is C21H29NO5S2Si. The molecule has 164 valence electrons. The van der Waals surface area contributed by atoms with Gasteiger partial charge in [0.15, 0.2) is 14.0 Å². The number of hydrogen-bond donors (Lipinski definition) is 2. The molecule has 1 aromatic carbocycles. The minimum Gasteiger partial charge on any atom is -0.477 e. The third kappa shape index (κ3) is 4.23. The van der Waals surface area contributed by atoms with Crippen LogP contribution in [-0.4, -0.2) is 46.8 Å². The molecular weight excluding hydrogens is 438 g/mol. The lowest BCUT2D eigenvalue weighted by atomic mass is 9.92. The molecule has 3 atom stereocenters. The number of thioether (sulfide) groups is 2. The van der Waals surface area contributed by atoms with Gasteiger partial charge in [-0.2, -0.15) is 0 Å². The Morgan fingerprint density at radius 3 is 2.40 bits per heavy atom. The first-order valence-electron chi connectivity index (χ1n) is 9.90. The van der Waals surface area contributed by atoms with Crippen molar-refractivity contribution < 1.29 is 24.2 Å². The van der Waals surface area contributed by atoms with Crippen molar-refractivity contribution in [2.75, 3.05) is 0 Å². The highest BCUT2D eigenvalue weighted by Crippen LogP contribution is 2.55. The first-order valence-corrected chi connectivity index (χ1v) is 14.5. The van der Waals surface area contributed by atoms with E-state index in [9.17, 15) is 19.8 Å². The number of benzene rings is 1. The highest BCUT2D eigenvalue weighted by atomic mass is 32.2. The number of aliphatic hydroxyl groups excluding tert-OH is 1. The van der Waals surface area contributed by atoms with Crippen LogP contribution in [0, 0.1) is 5.92 Å². The Hall–Kier alpha value is -1.26. The zero-order valence-corrected chi connectivity index (χ0v) is 20.8. The van der Waals surface area contributed by atoms with Crippen LogP contribution < -0.4 is 0 Å². The van der Waals surface area contributed by atoms with Gasteiger partial charge >= 0.3 is 5.97 Å². The number of rotatable bonds is 7. The number of carboxylic acids is 1. The Morgan fingerprint density at radius 2 is 1.90 bits per heavy atom. The summed E-state index contributed by atoms with van der Waals surface area (Å²) in [6.07, 6.45) is -0.268. The van der Waals surface area contributed by atoms with Gasteiger partial charge in [0.1, 0.15) is 5.37 Å². The molecule has 0 aromatic heterocycles. The van der Waals surface area contributed by atoms with Crippen molar-refractivity contribution in [1.82, 2.24) is 4.90 Å². The molecule has 0 spiro atoms. The summed E-state index contributed by atoms with van der Waals surface area (Å²) in [5.41, 5.74) is 0.850. The number of aliphatic carboxylic acids is 1. The van der Waals surface area contributed by atoms with Gasteiger partial charge in [-0.1, -0.05) is 56.4 Å². The van der Waals surface area contributed by atoms with Crippen molar-refractivity contribution in [2.24, 2.45) is 5.92 Å². The predicted octanol–water partition coefficient (Wildman–Crippen LogP) is 4.47. The summed E-state index contributed by atoms with van der Waals surface area (Å²) in [7, 11) is -2.05. The summed E-state index contributed by atoms with van der Waals surface area (Å²) in [4.78, 5) is 27.1. The molecule has 1 amide bonds. The van der Waals surface area contributed by atoms with E-state index in [-0.39, 0.29) is 40.6 Å². The van der Waals surface area contributed by atoms with Crippen LogP contribution in [0.5, 0.6) is 0 Å². The molecule has 1 saturated heterocycles. The van der Waals surface area contributed by atoms with Gasteiger partial charge in [0.05, 0.1) is 22.9 Å². The summed E-state index contributed by atoms with van der Waals surface area (Å²) in [5, 5.41) is 18.7. The van der Waals surface area contributed by atoms with E-state index in [1.54, 1.807) is 12.1 Å². The third-order valence-corrected chi connectivity index (χ3v) is 13.2. The fraction of sp³-hybridized carbons (Fsp3) is 0.524. The number of carbonyl (C=O) groups excluding carboxylic acids is 1. The maximum absolute atomic E-state index is 12.9. The number of carbonyl (C=O) groups is 2. The van der Waals surface area contributed by atoms with Gasteiger partial charge in [0.2, 0.25) is 5.91 Å². The molecule has 0 radical (unpaired) electrons. The normalized spacial score (nSPS) is 22.8. The largest absolute Gasteiger partial charge is 0.477 e. The molecule has 2 heterocycles. The number of hydrogen-bond acceptors (Lipinski definition) is 6. The Bertz CT molecular complexity index is 878. The van der Waals surface area contributed by atoms with Crippen molar-refractivity contribution in [3.63, 3.8) is 0 Å². The van der Waals surface area contributed by atoms with Crippen molar-refractivity contribution in [2.45, 2.75) is 68.8 Å². The fourth-order valence-corrected chi connectivity index (χ4v) is 7.58. The van der Waals surface area contributed by atoms with Gasteiger partial charge in [0, 0.05) is 4.90 Å². The van der Waals surface area contributed by atoms with Crippen LogP contribution in [0.3, 0.4) is 0 Å². The molecule has 1 aromatic rings. The van der Waals surface area contributed by atoms with Crippen LogP contribution in [0.1, 0.15) is 33.3 Å². The van der Waals surface area contributed by atoms with E-state index >= 15 is 0 Å². The lowest BCUT2D eigenvalue weighted by Gasteiger charge is -2.48. The van der Waals surface area contributed by atoms with E-state index < -0.39 is 14.3 Å². The summed E-state index contributed by atoms with van der Waals surface area (Å²) >= 11 is 2.77. The molecule has 30 heavy (non-hydrogen) atoms. The van der Waals surface area contributed by atoms with Crippen molar-refractivity contribution >= 4 is 43.7 Å². The molecule has 0 bridgehead atoms. The van der Waals surface area contributed by atoms with Crippen molar-refractivity contribution in [3.8, 4) is 0 Å². The lowest BCUT2D eigenvalue weighted by molar-refractivity contribution is -0.156. The van der Waals surface area contributed by atoms with E-state index in [1.807, 2.05) is 19.1 Å². The number of fused-ring (bicyclic) bond motifs is 1. The number of carboxylic acid groups (broad SMARTS) is 1. The molecule has 6 nitrogen and oxygen atoms in total. The first-order chi connectivity index (χ1) is 13.9. The average molecular weight is 468 g/mol. The summed E-state index contributed by atoms with van der Waals surface area (Å²) in [6, 6.07) is 7.31. The van der Waals surface area contributed by atoms with Gasteiger partial charge < -0.3 is 14.6 Å². The van der Waals surface area contributed by atoms with Crippen LogP contribution in [-0.2, 0) is 20.6 Å². The van der Waals surface area contributed by atoms with E-state index in [0.717, 1.165) is 10.5 Å². The number of β-lactam (4-membered cyclic amide) rings is 1. The van der Waals surface area contributed by atoms with Crippen LogP contribution in [0.25, 0.3) is 0 Å². The Labute approximate surface area is 187 Å².